The topological polar surface area (TPSA) is 336 Å². The second kappa shape index (κ2) is 46.1. The summed E-state index contributed by atoms with van der Waals surface area (Å²) in [6.45, 7) is 12.0. The summed E-state index contributed by atoms with van der Waals surface area (Å²) in [5.74, 6) is -3.14. The molecule has 0 aromatic carbocycles. The number of aliphatic carboxylic acids is 4. The van der Waals surface area contributed by atoms with Crippen molar-refractivity contribution in [2.45, 2.75) is 79.1 Å². The largest absolute Gasteiger partial charge is 3.00 e. The smallest absolute Gasteiger partial charge is 3.00 e. The molecule has 0 aromatic heterocycles. The molecule has 0 radical (unpaired) electrons. The maximum Gasteiger partial charge on any atom is 3.00 e. The first-order valence-electron chi connectivity index (χ1n) is 17.1. The van der Waals surface area contributed by atoms with E-state index in [0.717, 1.165) is 104 Å². The van der Waals surface area contributed by atoms with E-state index in [1.165, 1.54) is 27.7 Å². The molecule has 26 heteroatoms. The molecule has 20 nitrogen and oxygen atoms in total. The number of oxime groups is 4. The summed E-state index contributed by atoms with van der Waals surface area (Å²) in [4.78, 5) is 41.3. The van der Waals surface area contributed by atoms with E-state index in [-0.39, 0.29) is 83.1 Å². The van der Waals surface area contributed by atoms with Crippen LogP contribution in [0.1, 0.15) is 79.1 Å². The van der Waals surface area contributed by atoms with Gasteiger partial charge in [0.25, 0.3) is 0 Å². The Morgan fingerprint density at radius 1 is 0.431 bits per heavy atom. The Labute approximate surface area is 380 Å². The quantitative estimate of drug-likeness (QED) is 0.0765. The normalized spacial score (nSPS) is 17.8. The first-order valence-corrected chi connectivity index (χ1v) is 21.3. The van der Waals surface area contributed by atoms with Crippen LogP contribution in [0.2, 0.25) is 0 Å². The van der Waals surface area contributed by atoms with Gasteiger partial charge in [0, 0.05) is 0 Å². The standard InChI is InChI=1S/4C6H10NO2.2C4H8N2O2.4ClH.2Rh/c4*8-6(9)5-1-3-7-4-2-5;2*1-3(5-7)4(2)6-8;;;;;;/h4*5H,1-4H2,(H,8,9);2*7-8H,1-2H3;4*1H;;/q4*-1;;;;;;;+2;+3/p-4/b;;;;2*5-3+,6-4+;;;;;;. The fourth-order valence-electron chi connectivity index (χ4n) is 4.28. The average Bonchev–Trinajstić information content (AvgIpc) is 3.22. The van der Waals surface area contributed by atoms with Crippen molar-refractivity contribution in [3.05, 3.63) is 21.3 Å². The number of nitrogens with zero attached hydrogens (tertiary/aromatic N) is 8. The van der Waals surface area contributed by atoms with E-state index >= 15 is 0 Å². The zero-order valence-electron chi connectivity index (χ0n) is 32.6. The Bertz CT molecular complexity index is 1020. The van der Waals surface area contributed by atoms with Crippen molar-refractivity contribution < 1.29 is 120 Å². The zero-order valence-corrected chi connectivity index (χ0v) is 38.9. The van der Waals surface area contributed by atoms with Crippen LogP contribution in [0.5, 0.6) is 0 Å². The van der Waals surface area contributed by atoms with E-state index in [1.807, 2.05) is 0 Å². The minimum absolute atomic E-state index is 0. The van der Waals surface area contributed by atoms with Crippen LogP contribution >= 0.6 is 19.4 Å². The van der Waals surface area contributed by atoms with Gasteiger partial charge in [-0.1, -0.05) is 72.0 Å². The maximum absolute atomic E-state index is 10.3. The molecule has 4 saturated heterocycles. The number of rotatable bonds is 6. The van der Waals surface area contributed by atoms with Gasteiger partial charge in [0.15, 0.2) is 0 Å². The van der Waals surface area contributed by atoms with Crippen molar-refractivity contribution in [3.63, 3.8) is 0 Å². The molecule has 0 spiro atoms. The van der Waals surface area contributed by atoms with Gasteiger partial charge < -0.3 is 87.3 Å². The number of hydrogen-bond acceptors (Lipinski definition) is 12. The van der Waals surface area contributed by atoms with Gasteiger partial charge in [-0.25, -0.2) is 0 Å². The predicted molar refractivity (Wildman–Crippen MR) is 205 cm³/mol. The second-order valence-electron chi connectivity index (χ2n) is 11.9. The van der Waals surface area contributed by atoms with Gasteiger partial charge in [-0.05, 0) is 27.7 Å². The van der Waals surface area contributed by atoms with E-state index in [4.69, 9.17) is 60.6 Å². The van der Waals surface area contributed by atoms with Crippen LogP contribution in [0, 0.1) is 23.7 Å². The first-order chi connectivity index (χ1) is 26.1. The molecule has 4 aliphatic rings. The van der Waals surface area contributed by atoms with E-state index < -0.39 is 23.9 Å². The predicted octanol–water partition coefficient (Wildman–Crippen LogP) is 0.174. The van der Waals surface area contributed by atoms with E-state index in [1.54, 1.807) is 0 Å². The van der Waals surface area contributed by atoms with Crippen molar-refractivity contribution in [2.24, 2.45) is 44.3 Å². The van der Waals surface area contributed by atoms with Crippen molar-refractivity contribution in [1.82, 2.24) is 0 Å². The van der Waals surface area contributed by atoms with Gasteiger partial charge in [0.2, 0.25) is 0 Å². The van der Waals surface area contributed by atoms with Crippen LogP contribution in [0.4, 0.5) is 0 Å². The summed E-state index contributed by atoms with van der Waals surface area (Å²) < 4.78 is 0. The van der Waals surface area contributed by atoms with Gasteiger partial charge in [-0.3, -0.25) is 19.2 Å². The third kappa shape index (κ3) is 39.5. The molecule has 0 atom stereocenters. The molecule has 58 heavy (non-hydrogen) atoms. The van der Waals surface area contributed by atoms with Crippen molar-refractivity contribution in [2.75, 3.05) is 52.4 Å². The third-order valence-electron chi connectivity index (χ3n) is 8.13. The number of carboxylic acid groups (broad SMARTS) is 4. The van der Waals surface area contributed by atoms with Crippen molar-refractivity contribution >= 4 is 66.1 Å². The fourth-order valence-corrected chi connectivity index (χ4v) is 4.28. The molecular weight excluding hydrogens is 1040 g/mol. The van der Waals surface area contributed by atoms with Gasteiger partial charge in [0.05, 0.1) is 23.7 Å². The first kappa shape index (κ1) is 67.8. The van der Waals surface area contributed by atoms with Crippen LogP contribution in [-0.2, 0) is 53.8 Å². The van der Waals surface area contributed by atoms with Crippen LogP contribution in [0.15, 0.2) is 20.6 Å². The van der Waals surface area contributed by atoms with Gasteiger partial charge in [-0.15, -0.1) is 52.4 Å². The molecule has 345 valence electrons. The third-order valence-corrected chi connectivity index (χ3v) is 8.13. The summed E-state index contributed by atoms with van der Waals surface area (Å²) in [7, 11) is 9.67. The van der Waals surface area contributed by atoms with E-state index in [0.29, 0.717) is 22.8 Å². The minimum Gasteiger partial charge on any atom is 3.00 e. The molecular formula is C32H56Cl4N8O12Rh2-3. The molecule has 8 N–H and O–H groups in total. The van der Waals surface area contributed by atoms with Crippen molar-refractivity contribution in [3.8, 4) is 0 Å². The van der Waals surface area contributed by atoms with Gasteiger partial charge in [0.1, 0.15) is 22.8 Å². The summed E-state index contributed by atoms with van der Waals surface area (Å²) in [6.07, 6.45) is 5.85. The Hall–Kier alpha value is -1.99. The molecule has 0 bridgehead atoms. The van der Waals surface area contributed by atoms with Gasteiger partial charge >= 0.3 is 77.9 Å². The fraction of sp³-hybridized carbons (Fsp3) is 0.750. The summed E-state index contributed by atoms with van der Waals surface area (Å²) in [6, 6.07) is 0. The molecule has 0 aliphatic carbocycles. The number of hydrogen-bond donors (Lipinski definition) is 8. The second-order valence-corrected chi connectivity index (χ2v) is 14.4. The maximum atomic E-state index is 10.3. The molecule has 4 rings (SSSR count). The van der Waals surface area contributed by atoms with E-state index in [9.17, 15) is 19.2 Å². The van der Waals surface area contributed by atoms with Gasteiger partial charge in [-0.2, -0.15) is 0 Å². The molecule has 4 aliphatic heterocycles. The number of carboxylic acids is 4. The molecule has 4 heterocycles. The van der Waals surface area contributed by atoms with Crippen molar-refractivity contribution in [1.29, 1.82) is 0 Å². The zero-order chi connectivity index (χ0) is 42.6. The summed E-state index contributed by atoms with van der Waals surface area (Å²) >= 11 is -0.226. The average molecular weight is 1090 g/mol. The molecule has 0 unspecified atom stereocenters. The van der Waals surface area contributed by atoms with E-state index in [2.05, 4.69) is 41.9 Å². The molecule has 0 aromatic rings. The Balaban J connectivity index is -0.000000137. The minimum atomic E-state index is -0.662. The number of piperidine rings is 4. The molecule has 4 fully saturated rings. The van der Waals surface area contributed by atoms with Crippen LogP contribution in [-0.4, -0.2) is 140 Å². The Kier molecular flexibility index (Phi) is 53.8. The van der Waals surface area contributed by atoms with Crippen LogP contribution in [0.25, 0.3) is 21.3 Å². The van der Waals surface area contributed by atoms with Crippen LogP contribution in [0.3, 0.4) is 0 Å². The van der Waals surface area contributed by atoms with Crippen LogP contribution < -0.4 is 24.8 Å². The Morgan fingerprint density at radius 3 is 0.621 bits per heavy atom. The monoisotopic (exact) mass is 1090 g/mol. The summed E-state index contributed by atoms with van der Waals surface area (Å²) in [5.41, 5.74) is 1.25. The number of halogens is 4. The summed E-state index contributed by atoms with van der Waals surface area (Å²) in [5, 5.41) is 93.4. The molecule has 0 saturated carbocycles. The Morgan fingerprint density at radius 2 is 0.552 bits per heavy atom. The SMILES string of the molecule is CC(=N\O)/C(C)=N/O.CC(=N\O)/C(C)=N/O.O=C(O)C1CC[N-]CC1.O=C(O)C1CC[N-]CC1.O=C(O)C1CC[N-]CC1.O=C(O)C1CC[N-]CC1.[Cl-].[Cl-].[Cl][Rh][Cl].[Rh+3]. The molecule has 0 amide bonds. The number of carbonyl (C=O) groups is 4.